The fourth-order valence-corrected chi connectivity index (χ4v) is 3.00. The van der Waals surface area contributed by atoms with Crippen LogP contribution in [0.1, 0.15) is 16.8 Å². The van der Waals surface area contributed by atoms with Gasteiger partial charge in [0.25, 0.3) is 5.91 Å². The molecule has 2 aromatic carbocycles. The summed E-state index contributed by atoms with van der Waals surface area (Å²) >= 11 is 6.33. The number of anilines is 1. The quantitative estimate of drug-likeness (QED) is 0.445. The Bertz CT molecular complexity index is 1160. The van der Waals surface area contributed by atoms with E-state index in [1.807, 2.05) is 6.07 Å². The fraction of sp³-hybridized carbons (Fsp3) is 0.0952. The van der Waals surface area contributed by atoms with Crippen LogP contribution in [0.25, 0.3) is 11.8 Å². The number of hydrogen-bond acceptors (Lipinski definition) is 3. The number of aryl methyl sites for hydroxylation is 1. The summed E-state index contributed by atoms with van der Waals surface area (Å²) in [5, 5.41) is 16.1. The highest BCUT2D eigenvalue weighted by molar-refractivity contribution is 6.31. The molecule has 0 aliphatic rings. The molecular formula is C21H14ClF3N4O. The maximum Gasteiger partial charge on any atom is 0.416 e. The number of alkyl halides is 3. The molecule has 0 unspecified atom stereocenters. The lowest BCUT2D eigenvalue weighted by Gasteiger charge is -2.09. The molecule has 1 aromatic heterocycles. The van der Waals surface area contributed by atoms with Gasteiger partial charge in [-0.1, -0.05) is 35.9 Å². The van der Waals surface area contributed by atoms with Crippen LogP contribution in [0.5, 0.6) is 0 Å². The number of aromatic nitrogens is 2. The molecule has 0 fully saturated rings. The van der Waals surface area contributed by atoms with Crippen molar-refractivity contribution in [3.8, 4) is 11.8 Å². The third-order valence-electron chi connectivity index (χ3n) is 4.15. The summed E-state index contributed by atoms with van der Waals surface area (Å²) in [6, 6.07) is 14.9. The standard InChI is InChI=1S/C21H14ClF3N4O/c1-13-18(10-14(12-26)20(30)27-16-7-3-2-4-8-16)19(22)29(28-13)17-9-5-6-15(11-17)21(23,24)25/h2-11H,1H3,(H,27,30)/b14-10+. The van der Waals surface area contributed by atoms with E-state index >= 15 is 0 Å². The maximum atomic E-state index is 13.0. The summed E-state index contributed by atoms with van der Waals surface area (Å²) in [7, 11) is 0. The normalized spacial score (nSPS) is 11.8. The first kappa shape index (κ1) is 21.1. The van der Waals surface area contributed by atoms with Crippen LogP contribution >= 0.6 is 11.6 Å². The average molecular weight is 431 g/mol. The van der Waals surface area contributed by atoms with E-state index in [4.69, 9.17) is 11.6 Å². The Morgan fingerprint density at radius 2 is 1.90 bits per heavy atom. The number of nitrogens with zero attached hydrogens (tertiary/aromatic N) is 3. The molecule has 0 saturated carbocycles. The molecule has 0 aliphatic heterocycles. The Morgan fingerprint density at radius 3 is 2.53 bits per heavy atom. The molecule has 1 heterocycles. The van der Waals surface area contributed by atoms with Crippen LogP contribution in [0.2, 0.25) is 5.15 Å². The molecule has 0 spiro atoms. The van der Waals surface area contributed by atoms with Crippen molar-refractivity contribution < 1.29 is 18.0 Å². The van der Waals surface area contributed by atoms with E-state index in [0.717, 1.165) is 16.8 Å². The highest BCUT2D eigenvalue weighted by atomic mass is 35.5. The highest BCUT2D eigenvalue weighted by Crippen LogP contribution is 2.32. The SMILES string of the molecule is Cc1nn(-c2cccc(C(F)(F)F)c2)c(Cl)c1/C=C(\C#N)C(=O)Nc1ccccc1. The predicted molar refractivity (Wildman–Crippen MR) is 107 cm³/mol. The Balaban J connectivity index is 1.97. The molecular weight excluding hydrogens is 417 g/mol. The van der Waals surface area contributed by atoms with Gasteiger partial charge in [-0.3, -0.25) is 4.79 Å². The zero-order chi connectivity index (χ0) is 21.9. The summed E-state index contributed by atoms with van der Waals surface area (Å²) in [4.78, 5) is 12.4. The molecule has 5 nitrogen and oxygen atoms in total. The lowest BCUT2D eigenvalue weighted by molar-refractivity contribution is -0.137. The molecule has 152 valence electrons. The van der Waals surface area contributed by atoms with E-state index in [9.17, 15) is 23.2 Å². The number of halogens is 4. The van der Waals surface area contributed by atoms with Gasteiger partial charge in [-0.25, -0.2) is 4.68 Å². The predicted octanol–water partition coefficient (Wildman–Crippen LogP) is 5.40. The number of carbonyl (C=O) groups is 1. The summed E-state index contributed by atoms with van der Waals surface area (Å²) in [5.41, 5.74) is 0.135. The van der Waals surface area contributed by atoms with E-state index in [1.54, 1.807) is 37.3 Å². The van der Waals surface area contributed by atoms with Crippen molar-refractivity contribution in [1.29, 1.82) is 5.26 Å². The number of hydrogen-bond donors (Lipinski definition) is 1. The topological polar surface area (TPSA) is 70.7 Å². The Kier molecular flexibility index (Phi) is 5.94. The minimum Gasteiger partial charge on any atom is -0.321 e. The van der Waals surface area contributed by atoms with Crippen LogP contribution in [0.4, 0.5) is 18.9 Å². The van der Waals surface area contributed by atoms with E-state index in [1.165, 1.54) is 18.2 Å². The molecule has 1 N–H and O–H groups in total. The summed E-state index contributed by atoms with van der Waals surface area (Å²) in [6.07, 6.45) is -3.26. The van der Waals surface area contributed by atoms with Crippen molar-refractivity contribution in [3.63, 3.8) is 0 Å². The first-order chi connectivity index (χ1) is 14.2. The highest BCUT2D eigenvalue weighted by Gasteiger charge is 2.31. The molecule has 0 bridgehead atoms. The molecule has 3 aromatic rings. The van der Waals surface area contributed by atoms with Crippen LogP contribution in [-0.2, 0) is 11.0 Å². The van der Waals surface area contributed by atoms with Gasteiger partial charge in [-0.15, -0.1) is 0 Å². The lowest BCUT2D eigenvalue weighted by atomic mass is 10.1. The Hall–Kier alpha value is -3.57. The monoisotopic (exact) mass is 430 g/mol. The minimum absolute atomic E-state index is 0.0212. The van der Waals surface area contributed by atoms with Crippen molar-refractivity contribution in [2.45, 2.75) is 13.1 Å². The molecule has 1 amide bonds. The minimum atomic E-state index is -4.52. The van der Waals surface area contributed by atoms with Gasteiger partial charge < -0.3 is 5.32 Å². The Labute approximate surface area is 175 Å². The second kappa shape index (κ2) is 8.43. The van der Waals surface area contributed by atoms with Crippen molar-refractivity contribution in [1.82, 2.24) is 9.78 Å². The summed E-state index contributed by atoms with van der Waals surface area (Å²) < 4.78 is 40.1. The van der Waals surface area contributed by atoms with Gasteiger partial charge in [-0.05, 0) is 43.3 Å². The van der Waals surface area contributed by atoms with Gasteiger partial charge in [0.2, 0.25) is 0 Å². The number of para-hydroxylation sites is 1. The number of carbonyl (C=O) groups excluding carboxylic acids is 1. The number of benzene rings is 2. The molecule has 3 rings (SSSR count). The maximum absolute atomic E-state index is 13.0. The molecule has 0 atom stereocenters. The third-order valence-corrected chi connectivity index (χ3v) is 4.52. The van der Waals surface area contributed by atoms with E-state index in [0.29, 0.717) is 11.4 Å². The van der Waals surface area contributed by atoms with E-state index < -0.39 is 17.6 Å². The second-order valence-corrected chi connectivity index (χ2v) is 6.60. The van der Waals surface area contributed by atoms with Crippen molar-refractivity contribution in [3.05, 3.63) is 82.1 Å². The van der Waals surface area contributed by atoms with Crippen molar-refractivity contribution in [2.75, 3.05) is 5.32 Å². The summed E-state index contributed by atoms with van der Waals surface area (Å²) in [5.74, 6) is -0.647. The third kappa shape index (κ3) is 4.53. The Morgan fingerprint density at radius 1 is 1.20 bits per heavy atom. The molecule has 0 radical (unpaired) electrons. The zero-order valence-electron chi connectivity index (χ0n) is 15.5. The second-order valence-electron chi connectivity index (χ2n) is 6.24. The van der Waals surface area contributed by atoms with Crippen LogP contribution in [0.15, 0.2) is 60.2 Å². The van der Waals surface area contributed by atoms with Gasteiger partial charge in [0.15, 0.2) is 0 Å². The first-order valence-electron chi connectivity index (χ1n) is 8.61. The smallest absolute Gasteiger partial charge is 0.321 e. The fourth-order valence-electron chi connectivity index (χ4n) is 2.67. The largest absolute Gasteiger partial charge is 0.416 e. The van der Waals surface area contributed by atoms with Gasteiger partial charge in [0, 0.05) is 11.3 Å². The number of amides is 1. The average Bonchev–Trinajstić information content (AvgIpc) is 3.00. The van der Waals surface area contributed by atoms with Gasteiger partial charge in [0.05, 0.1) is 16.9 Å². The number of rotatable bonds is 4. The van der Waals surface area contributed by atoms with Crippen LogP contribution in [0, 0.1) is 18.3 Å². The molecule has 0 aliphatic carbocycles. The molecule has 30 heavy (non-hydrogen) atoms. The van der Waals surface area contributed by atoms with Gasteiger partial charge >= 0.3 is 6.18 Å². The van der Waals surface area contributed by atoms with Crippen LogP contribution in [-0.4, -0.2) is 15.7 Å². The lowest BCUT2D eigenvalue weighted by Crippen LogP contribution is -2.13. The number of nitrogens with one attached hydrogen (secondary N) is 1. The molecule has 9 heteroatoms. The van der Waals surface area contributed by atoms with Gasteiger partial charge in [-0.2, -0.15) is 23.5 Å². The van der Waals surface area contributed by atoms with E-state index in [2.05, 4.69) is 10.4 Å². The van der Waals surface area contributed by atoms with E-state index in [-0.39, 0.29) is 22.0 Å². The summed E-state index contributed by atoms with van der Waals surface area (Å²) in [6.45, 7) is 1.58. The first-order valence-corrected chi connectivity index (χ1v) is 8.99. The molecule has 0 saturated heterocycles. The van der Waals surface area contributed by atoms with Crippen molar-refractivity contribution in [2.24, 2.45) is 0 Å². The zero-order valence-corrected chi connectivity index (χ0v) is 16.3. The van der Waals surface area contributed by atoms with Crippen LogP contribution < -0.4 is 5.32 Å². The number of nitriles is 1. The van der Waals surface area contributed by atoms with Crippen molar-refractivity contribution >= 4 is 29.3 Å². The van der Waals surface area contributed by atoms with Crippen LogP contribution in [0.3, 0.4) is 0 Å². The van der Waals surface area contributed by atoms with Gasteiger partial charge in [0.1, 0.15) is 16.8 Å².